The number of nitrogens with one attached hydrogen (secondary N) is 1. The lowest BCUT2D eigenvalue weighted by molar-refractivity contribution is 0.0911. The van der Waals surface area contributed by atoms with Crippen molar-refractivity contribution in [3.8, 4) is 0 Å². The first-order chi connectivity index (χ1) is 11.9. The minimum Gasteiger partial charge on any atom is -0.393 e. The monoisotopic (exact) mass is 346 g/mol. The van der Waals surface area contributed by atoms with E-state index in [0.717, 1.165) is 17.9 Å². The smallest absolute Gasteiger partial charge is 0.271 e. The summed E-state index contributed by atoms with van der Waals surface area (Å²) in [4.78, 5) is 12.4. The minimum atomic E-state index is -0.447. The Labute approximate surface area is 147 Å². The van der Waals surface area contributed by atoms with E-state index >= 15 is 0 Å². The van der Waals surface area contributed by atoms with Crippen LogP contribution in [-0.4, -0.2) is 48.2 Å². The van der Waals surface area contributed by atoms with E-state index in [1.54, 1.807) is 12.4 Å². The molecule has 2 N–H and O–H groups in total. The minimum absolute atomic E-state index is 0.0129. The molecule has 0 aliphatic heterocycles. The van der Waals surface area contributed by atoms with Gasteiger partial charge in [0.2, 0.25) is 0 Å². The first kappa shape index (κ1) is 17.6. The average Bonchev–Trinajstić information content (AvgIpc) is 3.23. The van der Waals surface area contributed by atoms with Crippen molar-refractivity contribution in [2.45, 2.75) is 51.7 Å². The van der Waals surface area contributed by atoms with Crippen LogP contribution in [0.15, 0.2) is 12.4 Å². The van der Waals surface area contributed by atoms with Gasteiger partial charge in [0.05, 0.1) is 6.10 Å². The van der Waals surface area contributed by atoms with Crippen molar-refractivity contribution in [3.63, 3.8) is 0 Å². The van der Waals surface area contributed by atoms with Crippen LogP contribution in [-0.2, 0) is 7.05 Å². The van der Waals surface area contributed by atoms with Crippen LogP contribution in [0.5, 0.6) is 0 Å². The van der Waals surface area contributed by atoms with Crippen LogP contribution in [0, 0.1) is 12.8 Å². The molecule has 1 amide bonds. The molecular formula is C17H26N6O2. The molecule has 25 heavy (non-hydrogen) atoms. The molecule has 0 saturated heterocycles. The molecule has 0 aromatic carbocycles. The van der Waals surface area contributed by atoms with Gasteiger partial charge in [-0.05, 0) is 39.7 Å². The zero-order chi connectivity index (χ0) is 18.1. The number of aromatic nitrogens is 5. The summed E-state index contributed by atoms with van der Waals surface area (Å²) in [5, 5.41) is 25.6. The summed E-state index contributed by atoms with van der Waals surface area (Å²) in [5.74, 6) is 0.877. The predicted molar refractivity (Wildman–Crippen MR) is 92.2 cm³/mol. The molecule has 0 radical (unpaired) electrons. The van der Waals surface area contributed by atoms with Gasteiger partial charge in [0, 0.05) is 37.2 Å². The zero-order valence-corrected chi connectivity index (χ0v) is 15.2. The number of carbonyl (C=O) groups excluding carboxylic acids is 1. The Balaban J connectivity index is 1.59. The number of rotatable bonds is 5. The number of aliphatic hydroxyl groups excluding tert-OH is 1. The lowest BCUT2D eigenvalue weighted by Gasteiger charge is -2.14. The molecule has 2 heterocycles. The predicted octanol–water partition coefficient (Wildman–Crippen LogP) is 1.19. The molecule has 1 aliphatic rings. The van der Waals surface area contributed by atoms with Gasteiger partial charge < -0.3 is 15.0 Å². The number of carbonyl (C=O) groups is 1. The fourth-order valence-corrected chi connectivity index (χ4v) is 3.63. The van der Waals surface area contributed by atoms with E-state index in [2.05, 4.69) is 20.6 Å². The summed E-state index contributed by atoms with van der Waals surface area (Å²) < 4.78 is 3.73. The van der Waals surface area contributed by atoms with Crippen molar-refractivity contribution >= 4 is 5.91 Å². The number of hydrogen-bond donors (Lipinski definition) is 2. The average molecular weight is 346 g/mol. The van der Waals surface area contributed by atoms with Gasteiger partial charge in [0.1, 0.15) is 17.8 Å². The summed E-state index contributed by atoms with van der Waals surface area (Å²) in [6, 6.07) is 2.01. The van der Waals surface area contributed by atoms with Crippen LogP contribution in [0.3, 0.4) is 0 Å². The van der Waals surface area contributed by atoms with Crippen LogP contribution in [0.25, 0.3) is 0 Å². The summed E-state index contributed by atoms with van der Waals surface area (Å²) in [6.07, 6.45) is 2.66. The molecule has 1 saturated carbocycles. The first-order valence-corrected chi connectivity index (χ1v) is 8.73. The highest BCUT2D eigenvalue weighted by atomic mass is 16.3. The van der Waals surface area contributed by atoms with Crippen molar-refractivity contribution in [1.82, 2.24) is 29.9 Å². The summed E-state index contributed by atoms with van der Waals surface area (Å²) in [6.45, 7) is 6.43. The van der Waals surface area contributed by atoms with Gasteiger partial charge in [0.25, 0.3) is 5.91 Å². The van der Waals surface area contributed by atoms with Gasteiger partial charge in [-0.25, -0.2) is 0 Å². The number of aryl methyl sites for hydroxylation is 2. The maximum atomic E-state index is 12.4. The van der Waals surface area contributed by atoms with Crippen LogP contribution < -0.4 is 5.32 Å². The molecule has 2 aromatic rings. The molecule has 8 heteroatoms. The SMILES string of the molecule is Cc1cc(C(=O)NC[C@H]2C[C@H](c3nncn3C)C[C@H]2O)nn1C(C)C. The van der Waals surface area contributed by atoms with Crippen LogP contribution >= 0.6 is 0 Å². The molecule has 8 nitrogen and oxygen atoms in total. The van der Waals surface area contributed by atoms with Crippen LogP contribution in [0.2, 0.25) is 0 Å². The summed E-state index contributed by atoms with van der Waals surface area (Å²) in [5.41, 5.74) is 1.38. The van der Waals surface area contributed by atoms with Gasteiger partial charge in [-0.15, -0.1) is 10.2 Å². The highest BCUT2D eigenvalue weighted by Gasteiger charge is 2.36. The molecule has 1 aliphatic carbocycles. The lowest BCUT2D eigenvalue weighted by Crippen LogP contribution is -2.32. The molecule has 0 bridgehead atoms. The number of hydrogen-bond acceptors (Lipinski definition) is 5. The Morgan fingerprint density at radius 3 is 2.80 bits per heavy atom. The third kappa shape index (κ3) is 3.58. The van der Waals surface area contributed by atoms with Crippen molar-refractivity contribution < 1.29 is 9.90 Å². The summed E-state index contributed by atoms with van der Waals surface area (Å²) in [7, 11) is 1.91. The van der Waals surface area contributed by atoms with E-state index < -0.39 is 6.10 Å². The molecule has 3 atom stereocenters. The second-order valence-electron chi connectivity index (χ2n) is 7.22. The highest BCUT2D eigenvalue weighted by Crippen LogP contribution is 2.37. The Morgan fingerprint density at radius 1 is 1.44 bits per heavy atom. The highest BCUT2D eigenvalue weighted by molar-refractivity contribution is 5.92. The molecule has 1 fully saturated rings. The largest absolute Gasteiger partial charge is 0.393 e. The standard InChI is InChI=1S/C17H26N6O2/c1-10(2)23-11(3)5-14(21-23)17(25)18-8-13-6-12(7-15(13)24)16-20-19-9-22(16)4/h5,9-10,12-13,15,24H,6-8H2,1-4H3,(H,18,25)/t12-,13+,15+/m0/s1. The number of nitrogens with zero attached hydrogens (tertiary/aromatic N) is 5. The van der Waals surface area contributed by atoms with E-state index in [1.807, 2.05) is 37.1 Å². The van der Waals surface area contributed by atoms with E-state index in [9.17, 15) is 9.90 Å². The van der Waals surface area contributed by atoms with Crippen molar-refractivity contribution in [1.29, 1.82) is 0 Å². The van der Waals surface area contributed by atoms with E-state index in [0.29, 0.717) is 18.7 Å². The second kappa shape index (κ2) is 6.95. The lowest BCUT2D eigenvalue weighted by atomic mass is 10.0. The Bertz CT molecular complexity index is 750. The van der Waals surface area contributed by atoms with Gasteiger partial charge in [0.15, 0.2) is 0 Å². The van der Waals surface area contributed by atoms with E-state index in [1.165, 1.54) is 0 Å². The van der Waals surface area contributed by atoms with Gasteiger partial charge in [-0.3, -0.25) is 9.48 Å². The fraction of sp³-hybridized carbons (Fsp3) is 0.647. The fourth-order valence-electron chi connectivity index (χ4n) is 3.63. The van der Waals surface area contributed by atoms with Crippen molar-refractivity contribution in [2.24, 2.45) is 13.0 Å². The quantitative estimate of drug-likeness (QED) is 0.847. The third-order valence-electron chi connectivity index (χ3n) is 4.94. The molecule has 0 spiro atoms. The second-order valence-corrected chi connectivity index (χ2v) is 7.22. The van der Waals surface area contributed by atoms with Gasteiger partial charge in [-0.2, -0.15) is 5.10 Å². The zero-order valence-electron chi connectivity index (χ0n) is 15.2. The molecule has 0 unspecified atom stereocenters. The Hall–Kier alpha value is -2.22. The van der Waals surface area contributed by atoms with Crippen molar-refractivity contribution in [2.75, 3.05) is 6.54 Å². The van der Waals surface area contributed by atoms with E-state index in [-0.39, 0.29) is 23.8 Å². The van der Waals surface area contributed by atoms with Gasteiger partial charge in [-0.1, -0.05) is 0 Å². The third-order valence-corrected chi connectivity index (χ3v) is 4.94. The topological polar surface area (TPSA) is 97.9 Å². The molecule has 136 valence electrons. The maximum Gasteiger partial charge on any atom is 0.271 e. The van der Waals surface area contributed by atoms with Crippen LogP contribution in [0.4, 0.5) is 0 Å². The number of aliphatic hydroxyl groups is 1. The molecule has 2 aromatic heterocycles. The van der Waals surface area contributed by atoms with Crippen molar-refractivity contribution in [3.05, 3.63) is 29.6 Å². The normalized spacial score (nSPS) is 23.4. The maximum absolute atomic E-state index is 12.4. The Morgan fingerprint density at radius 2 is 2.20 bits per heavy atom. The van der Waals surface area contributed by atoms with E-state index in [4.69, 9.17) is 0 Å². The Kier molecular flexibility index (Phi) is 4.89. The number of amides is 1. The summed E-state index contributed by atoms with van der Waals surface area (Å²) >= 11 is 0. The van der Waals surface area contributed by atoms with Crippen LogP contribution in [0.1, 0.15) is 60.7 Å². The molecule has 3 rings (SSSR count). The molecular weight excluding hydrogens is 320 g/mol. The first-order valence-electron chi connectivity index (χ1n) is 8.73. The van der Waals surface area contributed by atoms with Gasteiger partial charge >= 0.3 is 0 Å².